The summed E-state index contributed by atoms with van der Waals surface area (Å²) in [4.78, 5) is 14.9. The summed E-state index contributed by atoms with van der Waals surface area (Å²) in [6, 6.07) is 8.23. The minimum Gasteiger partial charge on any atom is -0.383 e. The van der Waals surface area contributed by atoms with E-state index in [1.807, 2.05) is 17.0 Å². The minimum atomic E-state index is 0.337. The van der Waals surface area contributed by atoms with Crippen molar-refractivity contribution in [2.24, 2.45) is 17.8 Å². The molecule has 1 amide bonds. The van der Waals surface area contributed by atoms with Gasteiger partial charge in [-0.2, -0.15) is 0 Å². The Labute approximate surface area is 126 Å². The molecule has 2 fully saturated rings. The second-order valence-corrected chi connectivity index (χ2v) is 6.98. The molecule has 3 heteroatoms. The van der Waals surface area contributed by atoms with Crippen molar-refractivity contribution in [2.45, 2.75) is 38.5 Å². The van der Waals surface area contributed by atoms with Crippen LogP contribution in [0.25, 0.3) is 0 Å². The van der Waals surface area contributed by atoms with E-state index < -0.39 is 0 Å². The van der Waals surface area contributed by atoms with E-state index in [0.717, 1.165) is 49.1 Å². The van der Waals surface area contributed by atoms with E-state index in [1.165, 1.54) is 25.7 Å². The molecule has 1 aromatic carbocycles. The zero-order valence-electron chi connectivity index (χ0n) is 12.6. The van der Waals surface area contributed by atoms with E-state index in [9.17, 15) is 4.79 Å². The van der Waals surface area contributed by atoms with Crippen LogP contribution in [0.15, 0.2) is 24.3 Å². The van der Waals surface area contributed by atoms with Gasteiger partial charge in [-0.1, -0.05) is 18.6 Å². The van der Waals surface area contributed by atoms with E-state index >= 15 is 0 Å². The predicted octanol–water partition coefficient (Wildman–Crippen LogP) is 3.66. The molecule has 3 atom stereocenters. The zero-order chi connectivity index (χ0) is 14.2. The van der Waals surface area contributed by atoms with Gasteiger partial charge in [-0.25, -0.2) is 0 Å². The number of benzene rings is 1. The first-order valence-corrected chi connectivity index (χ1v) is 8.44. The van der Waals surface area contributed by atoms with Crippen molar-refractivity contribution in [3.05, 3.63) is 24.3 Å². The highest BCUT2D eigenvalue weighted by atomic mass is 16.2. The van der Waals surface area contributed by atoms with Gasteiger partial charge in [-0.15, -0.1) is 0 Å². The number of para-hydroxylation sites is 2. The topological polar surface area (TPSA) is 32.3 Å². The summed E-state index contributed by atoms with van der Waals surface area (Å²) >= 11 is 0. The highest BCUT2D eigenvalue weighted by molar-refractivity contribution is 5.97. The number of nitrogens with one attached hydrogen (secondary N) is 1. The molecule has 3 aliphatic rings. The van der Waals surface area contributed by atoms with Gasteiger partial charge in [0.05, 0.1) is 11.4 Å². The van der Waals surface area contributed by atoms with Gasteiger partial charge in [0.25, 0.3) is 0 Å². The number of carbonyl (C=O) groups excluding carboxylic acids is 1. The van der Waals surface area contributed by atoms with Crippen LogP contribution in [-0.2, 0) is 4.79 Å². The maximum Gasteiger partial charge on any atom is 0.227 e. The fourth-order valence-electron chi connectivity index (χ4n) is 4.66. The Bertz CT molecular complexity index is 542. The maximum absolute atomic E-state index is 12.8. The quantitative estimate of drug-likeness (QED) is 0.899. The van der Waals surface area contributed by atoms with Gasteiger partial charge in [0.15, 0.2) is 0 Å². The molecule has 21 heavy (non-hydrogen) atoms. The number of hydrogen-bond donors (Lipinski definition) is 1. The van der Waals surface area contributed by atoms with E-state index in [2.05, 4.69) is 17.4 Å². The molecule has 0 radical (unpaired) electrons. The Balaban J connectivity index is 1.51. The molecular weight excluding hydrogens is 260 g/mol. The normalized spacial score (nSPS) is 30.7. The van der Waals surface area contributed by atoms with Crippen LogP contribution in [0.5, 0.6) is 0 Å². The molecule has 1 aliphatic heterocycles. The fourth-order valence-corrected chi connectivity index (χ4v) is 4.66. The summed E-state index contributed by atoms with van der Waals surface area (Å²) < 4.78 is 0. The van der Waals surface area contributed by atoms with Crippen LogP contribution in [-0.4, -0.2) is 19.0 Å². The Morgan fingerprint density at radius 3 is 2.95 bits per heavy atom. The first-order valence-electron chi connectivity index (χ1n) is 8.44. The largest absolute Gasteiger partial charge is 0.383 e. The first kappa shape index (κ1) is 13.2. The van der Waals surface area contributed by atoms with Crippen molar-refractivity contribution in [1.82, 2.24) is 0 Å². The Hall–Kier alpha value is -1.51. The Kier molecular flexibility index (Phi) is 3.36. The molecule has 1 N–H and O–H groups in total. The fraction of sp³-hybridized carbons (Fsp3) is 0.611. The molecule has 2 aliphatic carbocycles. The summed E-state index contributed by atoms with van der Waals surface area (Å²) in [6.07, 6.45) is 7.24. The smallest absolute Gasteiger partial charge is 0.227 e. The van der Waals surface area contributed by atoms with Crippen LogP contribution in [0.2, 0.25) is 0 Å². The third-order valence-corrected chi connectivity index (χ3v) is 5.69. The average Bonchev–Trinajstić information content (AvgIpc) is 3.04. The molecule has 0 saturated heterocycles. The number of hydrogen-bond acceptors (Lipinski definition) is 2. The third kappa shape index (κ3) is 2.43. The molecule has 0 spiro atoms. The van der Waals surface area contributed by atoms with Crippen molar-refractivity contribution in [3.63, 3.8) is 0 Å². The van der Waals surface area contributed by atoms with Gasteiger partial charge in [-0.05, 0) is 55.6 Å². The van der Waals surface area contributed by atoms with Crippen molar-refractivity contribution >= 4 is 17.3 Å². The maximum atomic E-state index is 12.8. The lowest BCUT2D eigenvalue weighted by Crippen LogP contribution is -2.33. The van der Waals surface area contributed by atoms with Crippen molar-refractivity contribution in [3.8, 4) is 0 Å². The highest BCUT2D eigenvalue weighted by Crippen LogP contribution is 2.49. The third-order valence-electron chi connectivity index (χ3n) is 5.69. The van der Waals surface area contributed by atoms with Crippen molar-refractivity contribution < 1.29 is 4.79 Å². The van der Waals surface area contributed by atoms with Crippen LogP contribution < -0.4 is 10.2 Å². The van der Waals surface area contributed by atoms with E-state index in [4.69, 9.17) is 0 Å². The molecule has 1 aromatic rings. The predicted molar refractivity (Wildman–Crippen MR) is 85.5 cm³/mol. The second kappa shape index (κ2) is 5.36. The summed E-state index contributed by atoms with van der Waals surface area (Å²) in [5.41, 5.74) is 2.18. The standard InChI is InChI=1S/C18H24N2O/c21-18(12-15-11-13-6-7-14(15)10-13)20-9-3-8-19-16-4-1-2-5-17(16)20/h1-2,4-5,13-15,19H,3,6-12H2. The molecule has 2 saturated carbocycles. The van der Waals surface area contributed by atoms with E-state index in [-0.39, 0.29) is 0 Å². The zero-order valence-corrected chi connectivity index (χ0v) is 12.6. The van der Waals surface area contributed by atoms with Crippen molar-refractivity contribution in [2.75, 3.05) is 23.3 Å². The molecule has 112 valence electrons. The lowest BCUT2D eigenvalue weighted by atomic mass is 9.86. The van der Waals surface area contributed by atoms with Crippen LogP contribution in [0.3, 0.4) is 0 Å². The van der Waals surface area contributed by atoms with Gasteiger partial charge in [0.1, 0.15) is 0 Å². The van der Waals surface area contributed by atoms with Gasteiger partial charge in [0.2, 0.25) is 5.91 Å². The summed E-state index contributed by atoms with van der Waals surface area (Å²) in [5.74, 6) is 2.74. The van der Waals surface area contributed by atoms with Gasteiger partial charge in [0, 0.05) is 19.5 Å². The number of carbonyl (C=O) groups is 1. The molecule has 1 heterocycles. The van der Waals surface area contributed by atoms with Crippen LogP contribution >= 0.6 is 0 Å². The summed E-state index contributed by atoms with van der Waals surface area (Å²) in [6.45, 7) is 1.80. The molecular formula is C18H24N2O. The summed E-state index contributed by atoms with van der Waals surface area (Å²) in [7, 11) is 0. The Morgan fingerprint density at radius 2 is 2.14 bits per heavy atom. The average molecular weight is 284 g/mol. The molecule has 3 nitrogen and oxygen atoms in total. The van der Waals surface area contributed by atoms with Crippen LogP contribution in [0.1, 0.15) is 38.5 Å². The molecule has 3 unspecified atom stereocenters. The van der Waals surface area contributed by atoms with Crippen LogP contribution in [0.4, 0.5) is 11.4 Å². The number of rotatable bonds is 2. The lowest BCUT2D eigenvalue weighted by Gasteiger charge is -2.27. The SMILES string of the molecule is O=C(CC1CC2CCC1C2)N1CCCNc2ccccc21. The van der Waals surface area contributed by atoms with E-state index in [1.54, 1.807) is 0 Å². The number of nitrogens with zero attached hydrogens (tertiary/aromatic N) is 1. The minimum absolute atomic E-state index is 0.337. The number of amides is 1. The Morgan fingerprint density at radius 1 is 1.24 bits per heavy atom. The lowest BCUT2D eigenvalue weighted by molar-refractivity contribution is -0.119. The van der Waals surface area contributed by atoms with Gasteiger partial charge in [-0.3, -0.25) is 4.79 Å². The van der Waals surface area contributed by atoms with Crippen LogP contribution in [0, 0.1) is 17.8 Å². The van der Waals surface area contributed by atoms with Crippen molar-refractivity contribution in [1.29, 1.82) is 0 Å². The first-order chi connectivity index (χ1) is 10.3. The monoisotopic (exact) mass is 284 g/mol. The molecule has 0 aromatic heterocycles. The number of fused-ring (bicyclic) bond motifs is 3. The summed E-state index contributed by atoms with van der Waals surface area (Å²) in [5, 5.41) is 3.44. The highest BCUT2D eigenvalue weighted by Gasteiger charge is 2.40. The molecule has 2 bridgehead atoms. The second-order valence-electron chi connectivity index (χ2n) is 6.98. The number of anilines is 2. The van der Waals surface area contributed by atoms with Gasteiger partial charge >= 0.3 is 0 Å². The molecule has 4 rings (SSSR count). The van der Waals surface area contributed by atoms with Gasteiger partial charge < -0.3 is 10.2 Å². The van der Waals surface area contributed by atoms with E-state index in [0.29, 0.717) is 11.8 Å².